The fourth-order valence-corrected chi connectivity index (χ4v) is 1.90. The van der Waals surface area contributed by atoms with E-state index in [1.54, 1.807) is 0 Å². The van der Waals surface area contributed by atoms with Crippen LogP contribution in [0, 0.1) is 0 Å². The predicted molar refractivity (Wildman–Crippen MR) is 45.0 cm³/mol. The summed E-state index contributed by atoms with van der Waals surface area (Å²) in [6, 6.07) is 0. The van der Waals surface area contributed by atoms with E-state index < -0.39 is 36.1 Å². The molecule has 0 radical (unpaired) electrons. The van der Waals surface area contributed by atoms with E-state index in [2.05, 4.69) is 0 Å². The molecule has 1 atom stereocenters. The molecule has 1 fully saturated rings. The van der Waals surface area contributed by atoms with Gasteiger partial charge in [0.15, 0.2) is 0 Å². The molecule has 0 aromatic rings. The molecular formula is C9H13F5O2. The van der Waals surface area contributed by atoms with Crippen LogP contribution in [0.3, 0.4) is 0 Å². The zero-order chi connectivity index (χ0) is 12.8. The van der Waals surface area contributed by atoms with Gasteiger partial charge >= 0.3 is 12.1 Å². The van der Waals surface area contributed by atoms with Crippen LogP contribution < -0.4 is 0 Å². The Kier molecular flexibility index (Phi) is 3.01. The van der Waals surface area contributed by atoms with Gasteiger partial charge in [-0.25, -0.2) is 0 Å². The van der Waals surface area contributed by atoms with Crippen LogP contribution in [0.25, 0.3) is 0 Å². The Bertz CT molecular complexity index is 266. The Labute approximate surface area is 89.1 Å². The second-order valence-electron chi connectivity index (χ2n) is 4.38. The minimum Gasteiger partial charge on any atom is -0.383 e. The molecule has 1 unspecified atom stereocenters. The highest BCUT2D eigenvalue weighted by molar-refractivity contribution is 5.08. The van der Waals surface area contributed by atoms with Crippen molar-refractivity contribution in [2.75, 3.05) is 0 Å². The average Bonchev–Trinajstić information content (AvgIpc) is 2.51. The summed E-state index contributed by atoms with van der Waals surface area (Å²) < 4.78 is 64.1. The Morgan fingerprint density at radius 2 is 1.38 bits per heavy atom. The van der Waals surface area contributed by atoms with Gasteiger partial charge in [0.2, 0.25) is 5.60 Å². The molecular weight excluding hydrogens is 235 g/mol. The number of hydrogen-bond donors (Lipinski definition) is 2. The predicted octanol–water partition coefficient (Wildman–Crippen LogP) is 2.24. The van der Waals surface area contributed by atoms with E-state index in [-0.39, 0.29) is 19.8 Å². The Morgan fingerprint density at radius 1 is 1.00 bits per heavy atom. The van der Waals surface area contributed by atoms with Gasteiger partial charge in [-0.05, 0) is 19.8 Å². The molecule has 0 aliphatic heterocycles. The van der Waals surface area contributed by atoms with Crippen molar-refractivity contribution >= 4 is 0 Å². The normalized spacial score (nSPS) is 25.5. The molecule has 0 aromatic heterocycles. The van der Waals surface area contributed by atoms with Crippen molar-refractivity contribution in [2.45, 2.75) is 55.9 Å². The molecule has 2 nitrogen and oxygen atoms in total. The lowest BCUT2D eigenvalue weighted by Gasteiger charge is -2.42. The lowest BCUT2D eigenvalue weighted by molar-refractivity contribution is -0.360. The molecule has 0 heterocycles. The first kappa shape index (κ1) is 13.6. The number of aliphatic hydroxyl groups is 2. The summed E-state index contributed by atoms with van der Waals surface area (Å²) in [7, 11) is 0. The summed E-state index contributed by atoms with van der Waals surface area (Å²) >= 11 is 0. The molecule has 2 N–H and O–H groups in total. The number of alkyl halides is 5. The van der Waals surface area contributed by atoms with E-state index in [0.29, 0.717) is 0 Å². The van der Waals surface area contributed by atoms with Crippen LogP contribution in [0.5, 0.6) is 0 Å². The van der Waals surface area contributed by atoms with E-state index in [0.717, 1.165) is 0 Å². The number of halogens is 5. The van der Waals surface area contributed by atoms with Gasteiger partial charge in [-0.1, -0.05) is 12.8 Å². The third-order valence-corrected chi connectivity index (χ3v) is 3.18. The highest BCUT2D eigenvalue weighted by Crippen LogP contribution is 2.52. The number of hydrogen-bond acceptors (Lipinski definition) is 2. The van der Waals surface area contributed by atoms with Gasteiger partial charge in [0.05, 0.1) is 0 Å². The molecule has 1 rings (SSSR count). The van der Waals surface area contributed by atoms with E-state index in [1.165, 1.54) is 0 Å². The smallest absolute Gasteiger partial charge is 0.383 e. The largest absolute Gasteiger partial charge is 0.423 e. The highest BCUT2D eigenvalue weighted by atomic mass is 19.4. The molecule has 96 valence electrons. The first-order valence-electron chi connectivity index (χ1n) is 4.85. The number of rotatable bonds is 2. The molecule has 1 aliphatic rings. The Balaban J connectivity index is 3.10. The molecule has 1 saturated carbocycles. The van der Waals surface area contributed by atoms with E-state index in [9.17, 15) is 27.1 Å². The molecule has 0 aromatic carbocycles. The summed E-state index contributed by atoms with van der Waals surface area (Å²) in [5.74, 6) is -4.62. The van der Waals surface area contributed by atoms with Crippen molar-refractivity contribution in [2.24, 2.45) is 0 Å². The topological polar surface area (TPSA) is 40.5 Å². The van der Waals surface area contributed by atoms with Crippen LogP contribution in [0.15, 0.2) is 0 Å². The third-order valence-electron chi connectivity index (χ3n) is 3.18. The maximum Gasteiger partial charge on any atom is 0.423 e. The van der Waals surface area contributed by atoms with Gasteiger partial charge in [-0.2, -0.15) is 22.0 Å². The van der Waals surface area contributed by atoms with Crippen LogP contribution in [-0.2, 0) is 0 Å². The van der Waals surface area contributed by atoms with Crippen LogP contribution in [-0.4, -0.2) is 33.5 Å². The lowest BCUT2D eigenvalue weighted by atomic mass is 9.81. The Hall–Kier alpha value is -0.430. The zero-order valence-corrected chi connectivity index (χ0v) is 8.61. The maximum atomic E-state index is 13.6. The van der Waals surface area contributed by atoms with Crippen molar-refractivity contribution in [1.82, 2.24) is 0 Å². The van der Waals surface area contributed by atoms with E-state index in [4.69, 9.17) is 5.11 Å². The zero-order valence-electron chi connectivity index (χ0n) is 8.61. The fourth-order valence-electron chi connectivity index (χ4n) is 1.90. The molecule has 0 bridgehead atoms. The van der Waals surface area contributed by atoms with Crippen molar-refractivity contribution in [3.63, 3.8) is 0 Å². The first-order valence-corrected chi connectivity index (χ1v) is 4.85. The van der Waals surface area contributed by atoms with Gasteiger partial charge in [0.25, 0.3) is 0 Å². The van der Waals surface area contributed by atoms with Crippen LogP contribution >= 0.6 is 0 Å². The summed E-state index contributed by atoms with van der Waals surface area (Å²) in [4.78, 5) is 0. The molecule has 7 heteroatoms. The lowest BCUT2D eigenvalue weighted by Crippen LogP contribution is -2.66. The summed E-state index contributed by atoms with van der Waals surface area (Å²) in [6.45, 7) is -0.0106. The van der Waals surface area contributed by atoms with Crippen molar-refractivity contribution in [3.05, 3.63) is 0 Å². The molecule has 0 saturated heterocycles. The van der Waals surface area contributed by atoms with Gasteiger partial charge in [0.1, 0.15) is 5.60 Å². The first-order chi connectivity index (χ1) is 6.96. The standard InChI is InChI=1S/C9H13F5O2/c1-6(15,9(12,13)14)8(10,11)7(16)4-2-3-5-7/h15-16H,2-5H2,1H3. The van der Waals surface area contributed by atoms with Gasteiger partial charge < -0.3 is 10.2 Å². The second kappa shape index (κ2) is 3.53. The van der Waals surface area contributed by atoms with Crippen LogP contribution in [0.4, 0.5) is 22.0 Å². The average molecular weight is 248 g/mol. The molecule has 0 spiro atoms. The highest BCUT2D eigenvalue weighted by Gasteiger charge is 2.73. The third kappa shape index (κ3) is 1.69. The monoisotopic (exact) mass is 248 g/mol. The Morgan fingerprint density at radius 3 is 1.69 bits per heavy atom. The van der Waals surface area contributed by atoms with E-state index >= 15 is 0 Å². The molecule has 16 heavy (non-hydrogen) atoms. The van der Waals surface area contributed by atoms with E-state index in [1.807, 2.05) is 0 Å². The molecule has 1 aliphatic carbocycles. The summed E-state index contributed by atoms with van der Waals surface area (Å²) in [5, 5.41) is 18.5. The summed E-state index contributed by atoms with van der Waals surface area (Å²) in [6.07, 6.45) is -5.92. The second-order valence-corrected chi connectivity index (χ2v) is 4.38. The quantitative estimate of drug-likeness (QED) is 0.736. The van der Waals surface area contributed by atoms with Gasteiger partial charge in [0, 0.05) is 0 Å². The van der Waals surface area contributed by atoms with Crippen molar-refractivity contribution < 1.29 is 32.2 Å². The van der Waals surface area contributed by atoms with Gasteiger partial charge in [-0.15, -0.1) is 0 Å². The molecule has 0 amide bonds. The fraction of sp³-hybridized carbons (Fsp3) is 1.00. The minimum atomic E-state index is -5.49. The van der Waals surface area contributed by atoms with Crippen LogP contribution in [0.1, 0.15) is 32.6 Å². The summed E-state index contributed by atoms with van der Waals surface area (Å²) in [5.41, 5.74) is -6.99. The van der Waals surface area contributed by atoms with Crippen LogP contribution in [0.2, 0.25) is 0 Å². The minimum absolute atomic E-state index is 0.0106. The van der Waals surface area contributed by atoms with Crippen molar-refractivity contribution in [1.29, 1.82) is 0 Å². The van der Waals surface area contributed by atoms with Gasteiger partial charge in [-0.3, -0.25) is 0 Å². The maximum absolute atomic E-state index is 13.6. The SMILES string of the molecule is CC(O)(C(F)(F)F)C(F)(F)C1(O)CCCC1. The van der Waals surface area contributed by atoms with Crippen molar-refractivity contribution in [3.8, 4) is 0 Å².